The topological polar surface area (TPSA) is 59.9 Å². The third-order valence-electron chi connectivity index (χ3n) is 4.25. The Hall–Kier alpha value is -1.59. The summed E-state index contributed by atoms with van der Waals surface area (Å²) in [5, 5.41) is 7.63. The minimum atomic E-state index is -0.532. The third-order valence-corrected chi connectivity index (χ3v) is 4.50. The normalized spacial score (nSPS) is 23.4. The summed E-state index contributed by atoms with van der Waals surface area (Å²) in [5.74, 6) is 0.551. The lowest BCUT2D eigenvalue weighted by atomic mass is 10.0. The molecule has 1 aromatic rings. The van der Waals surface area contributed by atoms with E-state index in [1.54, 1.807) is 12.1 Å². The van der Waals surface area contributed by atoms with Crippen molar-refractivity contribution < 1.29 is 14.4 Å². The molecule has 1 aromatic carbocycles. The van der Waals surface area contributed by atoms with Crippen LogP contribution in [0, 0.1) is 5.92 Å². The molecule has 2 atom stereocenters. The van der Waals surface area contributed by atoms with E-state index in [-0.39, 0.29) is 5.91 Å². The number of hydrogen-bond donors (Lipinski definition) is 1. The first-order chi connectivity index (χ1) is 11.2. The molecule has 0 bridgehead atoms. The first-order valence-corrected chi connectivity index (χ1v) is 8.44. The van der Waals surface area contributed by atoms with Gasteiger partial charge in [-0.25, -0.2) is 0 Å². The van der Waals surface area contributed by atoms with E-state index in [1.807, 2.05) is 12.1 Å². The summed E-state index contributed by atoms with van der Waals surface area (Å²) < 4.78 is 5.35. The Balaban J connectivity index is 1.39. The Bertz CT molecular complexity index is 568. The summed E-state index contributed by atoms with van der Waals surface area (Å²) in [6.07, 6.45) is 3.16. The Morgan fingerprint density at radius 1 is 1.35 bits per heavy atom. The molecule has 1 N–H and O–H groups in total. The highest BCUT2D eigenvalue weighted by atomic mass is 35.5. The Labute approximate surface area is 141 Å². The zero-order chi connectivity index (χ0) is 16.1. The molecule has 124 valence electrons. The number of carbonyl (C=O) groups excluding carboxylic acids is 1. The van der Waals surface area contributed by atoms with Crippen LogP contribution in [-0.4, -0.2) is 37.5 Å². The standard InChI is InChI=1S/C17H21ClN2O3/c18-14-5-3-13(4-6-14)15-10-16(23-20-15)17(21)19-8-1-2-12-7-9-22-11-12/h3-6,12,16H,1-2,7-11H2,(H,19,21)/t12-,16-/m0/s1. The van der Waals surface area contributed by atoms with Crippen LogP contribution in [0.5, 0.6) is 0 Å². The predicted molar refractivity (Wildman–Crippen MR) is 88.6 cm³/mol. The van der Waals surface area contributed by atoms with Crippen molar-refractivity contribution in [2.24, 2.45) is 11.1 Å². The maximum absolute atomic E-state index is 12.1. The van der Waals surface area contributed by atoms with Crippen LogP contribution < -0.4 is 5.32 Å². The Morgan fingerprint density at radius 3 is 2.91 bits per heavy atom. The molecular weight excluding hydrogens is 316 g/mol. The van der Waals surface area contributed by atoms with Crippen LogP contribution in [0.3, 0.4) is 0 Å². The minimum absolute atomic E-state index is 0.0969. The lowest BCUT2D eigenvalue weighted by molar-refractivity contribution is -0.131. The van der Waals surface area contributed by atoms with Gasteiger partial charge in [0.05, 0.1) is 5.71 Å². The third kappa shape index (κ3) is 4.45. The van der Waals surface area contributed by atoms with Crippen LogP contribution in [0.4, 0.5) is 0 Å². The van der Waals surface area contributed by atoms with Gasteiger partial charge >= 0.3 is 0 Å². The molecule has 0 radical (unpaired) electrons. The van der Waals surface area contributed by atoms with E-state index in [1.165, 1.54) is 0 Å². The van der Waals surface area contributed by atoms with Gasteiger partial charge in [0, 0.05) is 31.2 Å². The summed E-state index contributed by atoms with van der Waals surface area (Å²) >= 11 is 5.87. The number of nitrogens with zero attached hydrogens (tertiary/aromatic N) is 1. The number of hydrogen-bond acceptors (Lipinski definition) is 4. The Morgan fingerprint density at radius 2 is 2.17 bits per heavy atom. The number of nitrogens with one attached hydrogen (secondary N) is 1. The summed E-state index contributed by atoms with van der Waals surface area (Å²) in [6, 6.07) is 7.38. The number of amides is 1. The van der Waals surface area contributed by atoms with Gasteiger partial charge in [-0.15, -0.1) is 0 Å². The molecule has 6 heteroatoms. The van der Waals surface area contributed by atoms with E-state index in [4.69, 9.17) is 21.2 Å². The quantitative estimate of drug-likeness (QED) is 0.813. The van der Waals surface area contributed by atoms with Gasteiger partial charge in [-0.1, -0.05) is 28.9 Å². The average molecular weight is 337 g/mol. The van der Waals surface area contributed by atoms with E-state index in [0.717, 1.165) is 43.8 Å². The molecule has 1 fully saturated rings. The van der Waals surface area contributed by atoms with E-state index in [2.05, 4.69) is 10.5 Å². The van der Waals surface area contributed by atoms with Crippen molar-refractivity contribution in [1.82, 2.24) is 5.32 Å². The van der Waals surface area contributed by atoms with Crippen LogP contribution in [0.1, 0.15) is 31.2 Å². The van der Waals surface area contributed by atoms with Crippen LogP contribution in [-0.2, 0) is 14.4 Å². The summed E-state index contributed by atoms with van der Waals surface area (Å²) in [4.78, 5) is 17.4. The van der Waals surface area contributed by atoms with Gasteiger partial charge in [0.1, 0.15) is 0 Å². The highest BCUT2D eigenvalue weighted by Gasteiger charge is 2.28. The molecule has 1 amide bonds. The summed E-state index contributed by atoms with van der Waals surface area (Å²) in [6.45, 7) is 2.40. The first-order valence-electron chi connectivity index (χ1n) is 8.06. The largest absolute Gasteiger partial charge is 0.382 e. The van der Waals surface area contributed by atoms with E-state index >= 15 is 0 Å². The molecule has 0 spiro atoms. The average Bonchev–Trinajstić information content (AvgIpc) is 3.24. The molecule has 0 aromatic heterocycles. The lowest BCUT2D eigenvalue weighted by Gasteiger charge is -2.11. The molecule has 23 heavy (non-hydrogen) atoms. The molecule has 0 saturated carbocycles. The molecule has 0 unspecified atom stereocenters. The maximum Gasteiger partial charge on any atom is 0.264 e. The van der Waals surface area contributed by atoms with Crippen LogP contribution >= 0.6 is 11.6 Å². The van der Waals surface area contributed by atoms with Gasteiger partial charge in [-0.05, 0) is 42.9 Å². The molecule has 2 aliphatic rings. The second-order valence-electron chi connectivity index (χ2n) is 6.01. The van der Waals surface area contributed by atoms with E-state index < -0.39 is 6.10 Å². The number of oxime groups is 1. The number of carbonyl (C=O) groups is 1. The second kappa shape index (κ2) is 7.79. The fourth-order valence-corrected chi connectivity index (χ4v) is 2.98. The number of ether oxygens (including phenoxy) is 1. The second-order valence-corrected chi connectivity index (χ2v) is 6.44. The lowest BCUT2D eigenvalue weighted by Crippen LogP contribution is -2.35. The fourth-order valence-electron chi connectivity index (χ4n) is 2.86. The molecule has 0 aliphatic carbocycles. The van der Waals surface area contributed by atoms with Crippen molar-refractivity contribution in [2.75, 3.05) is 19.8 Å². The van der Waals surface area contributed by atoms with Crippen molar-refractivity contribution in [1.29, 1.82) is 0 Å². The van der Waals surface area contributed by atoms with E-state index in [0.29, 0.717) is 23.9 Å². The molecule has 1 saturated heterocycles. The maximum atomic E-state index is 12.1. The molecule has 3 rings (SSSR count). The fraction of sp³-hybridized carbons (Fsp3) is 0.529. The molecule has 5 nitrogen and oxygen atoms in total. The monoisotopic (exact) mass is 336 g/mol. The van der Waals surface area contributed by atoms with Gasteiger partial charge < -0.3 is 14.9 Å². The van der Waals surface area contributed by atoms with Gasteiger partial charge in [0.2, 0.25) is 6.10 Å². The van der Waals surface area contributed by atoms with Crippen molar-refractivity contribution in [3.05, 3.63) is 34.9 Å². The molecule has 2 heterocycles. The van der Waals surface area contributed by atoms with Crippen molar-refractivity contribution in [2.45, 2.75) is 31.8 Å². The SMILES string of the molecule is O=C(NCCC[C@H]1CCOC1)[C@@H]1CC(c2ccc(Cl)cc2)=NO1. The van der Waals surface area contributed by atoms with Crippen LogP contribution in [0.2, 0.25) is 5.02 Å². The molecular formula is C17H21ClN2O3. The van der Waals surface area contributed by atoms with Gasteiger partial charge in [0.25, 0.3) is 5.91 Å². The van der Waals surface area contributed by atoms with Crippen LogP contribution in [0.25, 0.3) is 0 Å². The zero-order valence-electron chi connectivity index (χ0n) is 13.0. The van der Waals surface area contributed by atoms with Crippen molar-refractivity contribution in [3.63, 3.8) is 0 Å². The van der Waals surface area contributed by atoms with Crippen molar-refractivity contribution >= 4 is 23.2 Å². The van der Waals surface area contributed by atoms with Gasteiger partial charge in [-0.2, -0.15) is 0 Å². The smallest absolute Gasteiger partial charge is 0.264 e. The van der Waals surface area contributed by atoms with Gasteiger partial charge in [0.15, 0.2) is 0 Å². The zero-order valence-corrected chi connectivity index (χ0v) is 13.7. The minimum Gasteiger partial charge on any atom is -0.382 e. The number of halogens is 1. The Kier molecular flexibility index (Phi) is 5.51. The summed E-state index contributed by atoms with van der Waals surface area (Å²) in [7, 11) is 0. The van der Waals surface area contributed by atoms with Crippen molar-refractivity contribution in [3.8, 4) is 0 Å². The van der Waals surface area contributed by atoms with Gasteiger partial charge in [-0.3, -0.25) is 4.79 Å². The molecule has 2 aliphatic heterocycles. The number of benzene rings is 1. The predicted octanol–water partition coefficient (Wildman–Crippen LogP) is 2.77. The van der Waals surface area contributed by atoms with Crippen LogP contribution in [0.15, 0.2) is 29.4 Å². The first kappa shape index (κ1) is 16.3. The van der Waals surface area contributed by atoms with E-state index in [9.17, 15) is 4.79 Å². The summed E-state index contributed by atoms with van der Waals surface area (Å²) in [5.41, 5.74) is 1.72. The highest BCUT2D eigenvalue weighted by molar-refractivity contribution is 6.30. The highest BCUT2D eigenvalue weighted by Crippen LogP contribution is 2.19. The number of rotatable bonds is 6.